The molecule has 0 aromatic heterocycles. The molecular formula is C25H29FN4O5. The molecule has 4 amide bonds. The van der Waals surface area contributed by atoms with E-state index in [0.717, 1.165) is 0 Å². The van der Waals surface area contributed by atoms with E-state index >= 15 is 0 Å². The molecule has 2 aliphatic rings. The monoisotopic (exact) mass is 484 g/mol. The van der Waals surface area contributed by atoms with Crippen LogP contribution in [-0.4, -0.2) is 61.2 Å². The zero-order valence-electron chi connectivity index (χ0n) is 19.7. The minimum atomic E-state index is -0.568. The maximum absolute atomic E-state index is 13.4. The number of ether oxygens (including phenoxy) is 2. The molecule has 0 bridgehead atoms. The van der Waals surface area contributed by atoms with Crippen molar-refractivity contribution in [3.63, 3.8) is 0 Å². The van der Waals surface area contributed by atoms with Gasteiger partial charge in [-0.05, 0) is 56.2 Å². The predicted molar refractivity (Wildman–Crippen MR) is 128 cm³/mol. The first-order valence-corrected chi connectivity index (χ1v) is 11.6. The number of nitrogens with one attached hydrogen (secondary N) is 3. The third-order valence-corrected chi connectivity index (χ3v) is 6.14. The van der Waals surface area contributed by atoms with Gasteiger partial charge in [0.15, 0.2) is 0 Å². The van der Waals surface area contributed by atoms with Gasteiger partial charge in [0, 0.05) is 25.0 Å². The molecule has 2 aromatic carbocycles. The Morgan fingerprint density at radius 2 is 1.89 bits per heavy atom. The average Bonchev–Trinajstić information content (AvgIpc) is 2.82. The molecule has 9 nitrogen and oxygen atoms in total. The summed E-state index contributed by atoms with van der Waals surface area (Å²) in [5, 5.41) is 8.00. The van der Waals surface area contributed by atoms with Crippen molar-refractivity contribution in [3.8, 4) is 5.75 Å². The van der Waals surface area contributed by atoms with Gasteiger partial charge in [0.05, 0.1) is 24.1 Å². The maximum Gasteiger partial charge on any atom is 0.323 e. The zero-order chi connectivity index (χ0) is 24.9. The summed E-state index contributed by atoms with van der Waals surface area (Å²) in [5.41, 5.74) is 1.02. The summed E-state index contributed by atoms with van der Waals surface area (Å²) in [7, 11) is 1.72. The third kappa shape index (κ3) is 5.89. The molecule has 2 aromatic rings. The Labute approximate surface area is 203 Å². The number of benzene rings is 2. The van der Waals surface area contributed by atoms with Crippen LogP contribution < -0.4 is 20.7 Å². The van der Waals surface area contributed by atoms with Gasteiger partial charge in [-0.2, -0.15) is 0 Å². The van der Waals surface area contributed by atoms with Crippen LogP contribution in [0.15, 0.2) is 42.5 Å². The number of anilines is 2. The fourth-order valence-corrected chi connectivity index (χ4v) is 4.44. The molecule has 0 radical (unpaired) electrons. The molecule has 35 heavy (non-hydrogen) atoms. The van der Waals surface area contributed by atoms with Crippen molar-refractivity contribution < 1.29 is 28.2 Å². The van der Waals surface area contributed by atoms with Gasteiger partial charge >= 0.3 is 6.03 Å². The Bertz CT molecular complexity index is 1110. The highest BCUT2D eigenvalue weighted by molar-refractivity contribution is 6.02. The molecule has 3 N–H and O–H groups in total. The summed E-state index contributed by atoms with van der Waals surface area (Å²) in [4.78, 5) is 39.3. The standard InChI is InChI=1S/C25H29FN4O5/c1-3-27-23(31)13-18-8-9-20-22(35-18)14-34-21-10-7-17(12-19(21)24(32)30(20)2)29-25(33)28-16-6-4-5-15(26)11-16/h4-7,10-12,18,20,22H,3,8-9,13-14H2,1-2H3,(H,27,31)(H2,28,29,33)/t18-,20-,22+/m0/s1. The molecule has 0 saturated carbocycles. The lowest BCUT2D eigenvalue weighted by atomic mass is 9.94. The van der Waals surface area contributed by atoms with Crippen LogP contribution in [0, 0.1) is 5.82 Å². The molecule has 1 saturated heterocycles. The number of hydrogen-bond donors (Lipinski definition) is 3. The number of fused-ring (bicyclic) bond motifs is 2. The molecule has 2 heterocycles. The van der Waals surface area contributed by atoms with Crippen LogP contribution >= 0.6 is 0 Å². The van der Waals surface area contributed by atoms with Crippen molar-refractivity contribution in [2.75, 3.05) is 30.8 Å². The second kappa shape index (κ2) is 10.7. The summed E-state index contributed by atoms with van der Waals surface area (Å²) in [5.74, 6) is -0.394. The Hall–Kier alpha value is -3.66. The third-order valence-electron chi connectivity index (χ3n) is 6.14. The number of hydrogen-bond acceptors (Lipinski definition) is 5. The van der Waals surface area contributed by atoms with E-state index in [4.69, 9.17) is 9.47 Å². The second-order valence-electron chi connectivity index (χ2n) is 8.63. The van der Waals surface area contributed by atoms with E-state index in [9.17, 15) is 18.8 Å². The molecule has 3 atom stereocenters. The molecule has 186 valence electrons. The molecular weight excluding hydrogens is 455 g/mol. The van der Waals surface area contributed by atoms with E-state index < -0.39 is 11.8 Å². The smallest absolute Gasteiger partial charge is 0.323 e. The van der Waals surface area contributed by atoms with Crippen molar-refractivity contribution >= 4 is 29.2 Å². The summed E-state index contributed by atoms with van der Waals surface area (Å²) >= 11 is 0. The Morgan fingerprint density at radius 3 is 2.63 bits per heavy atom. The highest BCUT2D eigenvalue weighted by Crippen LogP contribution is 2.32. The van der Waals surface area contributed by atoms with Crippen LogP contribution in [0.1, 0.15) is 36.5 Å². The SMILES string of the molecule is CCNC(=O)C[C@@H]1CC[C@H]2[C@@H](COc3ccc(NC(=O)Nc4cccc(F)c4)cc3C(=O)N2C)O1. The lowest BCUT2D eigenvalue weighted by molar-refractivity contribution is -0.133. The minimum Gasteiger partial charge on any atom is -0.490 e. The molecule has 2 aliphatic heterocycles. The van der Waals surface area contributed by atoms with E-state index in [1.54, 1.807) is 36.2 Å². The molecule has 1 fully saturated rings. The van der Waals surface area contributed by atoms with E-state index in [0.29, 0.717) is 42.1 Å². The predicted octanol–water partition coefficient (Wildman–Crippen LogP) is 3.38. The molecule has 0 unspecified atom stereocenters. The number of amides is 4. The van der Waals surface area contributed by atoms with Crippen LogP contribution in [0.2, 0.25) is 0 Å². The number of rotatable bonds is 5. The number of nitrogens with zero attached hydrogens (tertiary/aromatic N) is 1. The average molecular weight is 485 g/mol. The summed E-state index contributed by atoms with van der Waals surface area (Å²) in [6.07, 6.45) is 1.03. The molecule has 0 aliphatic carbocycles. The summed E-state index contributed by atoms with van der Waals surface area (Å²) < 4.78 is 25.4. The van der Waals surface area contributed by atoms with Gasteiger partial charge in [-0.25, -0.2) is 9.18 Å². The van der Waals surface area contributed by atoms with Gasteiger partial charge in [0.1, 0.15) is 24.3 Å². The highest BCUT2D eigenvalue weighted by Gasteiger charge is 2.39. The van der Waals surface area contributed by atoms with Crippen molar-refractivity contribution in [3.05, 3.63) is 53.8 Å². The van der Waals surface area contributed by atoms with Crippen LogP contribution in [-0.2, 0) is 9.53 Å². The van der Waals surface area contributed by atoms with Crippen LogP contribution in [0.5, 0.6) is 5.75 Å². The van der Waals surface area contributed by atoms with Crippen LogP contribution in [0.25, 0.3) is 0 Å². The lowest BCUT2D eigenvalue weighted by Crippen LogP contribution is -2.54. The number of urea groups is 1. The number of likely N-dealkylation sites (N-methyl/N-ethyl adjacent to an activating group) is 1. The van der Waals surface area contributed by atoms with Gasteiger partial charge < -0.3 is 30.3 Å². The molecule has 0 spiro atoms. The van der Waals surface area contributed by atoms with E-state index in [2.05, 4.69) is 16.0 Å². The summed E-state index contributed by atoms with van der Waals surface area (Å²) in [6.45, 7) is 2.67. The van der Waals surface area contributed by atoms with Crippen LogP contribution in [0.3, 0.4) is 0 Å². The molecule has 10 heteroatoms. The number of carbonyl (C=O) groups is 3. The maximum atomic E-state index is 13.4. The van der Waals surface area contributed by atoms with Gasteiger partial charge in [0.2, 0.25) is 5.91 Å². The van der Waals surface area contributed by atoms with Gasteiger partial charge in [-0.1, -0.05) is 6.07 Å². The minimum absolute atomic E-state index is 0.0565. The first-order valence-electron chi connectivity index (χ1n) is 11.6. The quantitative estimate of drug-likeness (QED) is 0.603. The van der Waals surface area contributed by atoms with Crippen molar-refractivity contribution in [2.24, 2.45) is 0 Å². The normalized spacial score (nSPS) is 21.5. The number of halogens is 1. The Morgan fingerprint density at radius 1 is 1.11 bits per heavy atom. The lowest BCUT2D eigenvalue weighted by Gasteiger charge is -2.42. The largest absolute Gasteiger partial charge is 0.490 e. The van der Waals surface area contributed by atoms with E-state index in [-0.39, 0.29) is 43.1 Å². The Kier molecular flexibility index (Phi) is 7.50. The fourth-order valence-electron chi connectivity index (χ4n) is 4.44. The second-order valence-corrected chi connectivity index (χ2v) is 8.63. The highest BCUT2D eigenvalue weighted by atomic mass is 19.1. The Balaban J connectivity index is 1.45. The van der Waals surface area contributed by atoms with Gasteiger partial charge in [0.25, 0.3) is 5.91 Å². The fraction of sp³-hybridized carbons (Fsp3) is 0.400. The van der Waals surface area contributed by atoms with Crippen LogP contribution in [0.4, 0.5) is 20.6 Å². The van der Waals surface area contributed by atoms with Crippen molar-refractivity contribution in [2.45, 2.75) is 44.4 Å². The topological polar surface area (TPSA) is 109 Å². The van der Waals surface area contributed by atoms with Crippen molar-refractivity contribution in [1.82, 2.24) is 10.2 Å². The van der Waals surface area contributed by atoms with E-state index in [1.165, 1.54) is 18.2 Å². The van der Waals surface area contributed by atoms with E-state index in [1.807, 2.05) is 6.92 Å². The van der Waals surface area contributed by atoms with Gasteiger partial charge in [-0.3, -0.25) is 9.59 Å². The van der Waals surface area contributed by atoms with Gasteiger partial charge in [-0.15, -0.1) is 0 Å². The first-order chi connectivity index (χ1) is 16.8. The summed E-state index contributed by atoms with van der Waals surface area (Å²) in [6, 6.07) is 9.58. The van der Waals surface area contributed by atoms with Crippen molar-refractivity contribution in [1.29, 1.82) is 0 Å². The zero-order valence-corrected chi connectivity index (χ0v) is 19.7. The first kappa shape index (κ1) is 24.5. The number of carbonyl (C=O) groups excluding carboxylic acids is 3. The molecule has 4 rings (SSSR count).